The molecule has 0 spiro atoms. The minimum atomic E-state index is -1.04. The van der Waals surface area contributed by atoms with Gasteiger partial charge in [0, 0.05) is 18.2 Å². The van der Waals surface area contributed by atoms with Crippen LogP contribution in [0.1, 0.15) is 42.5 Å². The van der Waals surface area contributed by atoms with Crippen molar-refractivity contribution in [1.82, 2.24) is 0 Å². The lowest BCUT2D eigenvalue weighted by Crippen LogP contribution is -2.20. The zero-order valence-electron chi connectivity index (χ0n) is 12.7. The highest BCUT2D eigenvalue weighted by molar-refractivity contribution is 5.94. The molecule has 0 aromatic heterocycles. The molecule has 2 fully saturated rings. The van der Waals surface area contributed by atoms with E-state index in [2.05, 4.69) is 5.32 Å². The summed E-state index contributed by atoms with van der Waals surface area (Å²) in [6, 6.07) is 4.61. The molecule has 2 aliphatic carbocycles. The number of rotatable bonds is 5. The van der Waals surface area contributed by atoms with Crippen LogP contribution in [0, 0.1) is 17.8 Å². The molecule has 0 saturated heterocycles. The van der Waals surface area contributed by atoms with E-state index in [-0.39, 0.29) is 17.2 Å². The first-order valence-electron chi connectivity index (χ1n) is 7.78. The molecule has 3 rings (SSSR count). The van der Waals surface area contributed by atoms with Crippen molar-refractivity contribution < 1.29 is 19.4 Å². The van der Waals surface area contributed by atoms with Crippen LogP contribution < -0.4 is 10.1 Å². The van der Waals surface area contributed by atoms with E-state index in [0.717, 1.165) is 11.8 Å². The number of hydrogen-bond acceptors (Lipinski definition) is 3. The molecule has 1 amide bonds. The Labute approximate surface area is 129 Å². The van der Waals surface area contributed by atoms with Crippen LogP contribution in [0.4, 0.5) is 5.69 Å². The Bertz CT molecular complexity index is 598. The van der Waals surface area contributed by atoms with Gasteiger partial charge in [0.15, 0.2) is 0 Å². The van der Waals surface area contributed by atoms with Crippen molar-refractivity contribution in [2.75, 3.05) is 12.4 Å². The van der Waals surface area contributed by atoms with Gasteiger partial charge in [-0.25, -0.2) is 4.79 Å². The Morgan fingerprint density at radius 2 is 2.14 bits per heavy atom. The molecule has 5 nitrogen and oxygen atoms in total. The van der Waals surface area contributed by atoms with Crippen molar-refractivity contribution in [2.45, 2.75) is 32.1 Å². The molecule has 2 aliphatic rings. The second-order valence-corrected chi connectivity index (χ2v) is 6.41. The number of benzene rings is 1. The SMILES string of the molecule is COc1cc(NC(=O)CC2CC3CCC2C3)ccc1C(=O)O. The number of hydrogen-bond donors (Lipinski definition) is 2. The van der Waals surface area contributed by atoms with Gasteiger partial charge >= 0.3 is 5.97 Å². The first-order chi connectivity index (χ1) is 10.6. The zero-order chi connectivity index (χ0) is 15.7. The number of carboxylic acids is 1. The van der Waals surface area contributed by atoms with E-state index < -0.39 is 5.97 Å². The van der Waals surface area contributed by atoms with Crippen molar-refractivity contribution in [1.29, 1.82) is 0 Å². The van der Waals surface area contributed by atoms with Crippen LogP contribution >= 0.6 is 0 Å². The molecule has 1 aromatic rings. The summed E-state index contributed by atoms with van der Waals surface area (Å²) in [5.74, 6) is 1.28. The Hall–Kier alpha value is -2.04. The lowest BCUT2D eigenvalue weighted by molar-refractivity contribution is -0.117. The molecular formula is C17H21NO4. The summed E-state index contributed by atoms with van der Waals surface area (Å²) >= 11 is 0. The van der Waals surface area contributed by atoms with Gasteiger partial charge in [0.25, 0.3) is 0 Å². The van der Waals surface area contributed by atoms with Gasteiger partial charge in [0.2, 0.25) is 5.91 Å². The fraction of sp³-hybridized carbons (Fsp3) is 0.529. The number of amides is 1. The van der Waals surface area contributed by atoms with E-state index in [1.807, 2.05) is 0 Å². The standard InChI is InChI=1S/C17H21NO4/c1-22-15-9-13(4-5-14(15)17(20)21)18-16(19)8-12-7-10-2-3-11(12)6-10/h4-5,9-12H,2-3,6-8H2,1H3,(H,18,19)(H,20,21). The van der Waals surface area contributed by atoms with Gasteiger partial charge < -0.3 is 15.2 Å². The molecule has 2 N–H and O–H groups in total. The highest BCUT2D eigenvalue weighted by atomic mass is 16.5. The van der Waals surface area contributed by atoms with Crippen LogP contribution in [0.2, 0.25) is 0 Å². The molecule has 0 radical (unpaired) electrons. The molecule has 3 unspecified atom stereocenters. The molecule has 0 heterocycles. The number of carboxylic acid groups (broad SMARTS) is 1. The van der Waals surface area contributed by atoms with Crippen molar-refractivity contribution in [3.63, 3.8) is 0 Å². The maximum absolute atomic E-state index is 12.2. The Morgan fingerprint density at radius 3 is 2.73 bits per heavy atom. The summed E-state index contributed by atoms with van der Waals surface area (Å²) in [4.78, 5) is 23.2. The number of carbonyl (C=O) groups is 2. The minimum absolute atomic E-state index is 0.00248. The van der Waals surface area contributed by atoms with Gasteiger partial charge in [-0.05, 0) is 49.1 Å². The van der Waals surface area contributed by atoms with Crippen LogP contribution in [0.3, 0.4) is 0 Å². The van der Waals surface area contributed by atoms with Gasteiger partial charge in [-0.2, -0.15) is 0 Å². The summed E-state index contributed by atoms with van der Waals surface area (Å²) in [7, 11) is 1.42. The van der Waals surface area contributed by atoms with Crippen LogP contribution in [0.25, 0.3) is 0 Å². The predicted octanol–water partition coefficient (Wildman–Crippen LogP) is 3.16. The average Bonchev–Trinajstić information content (AvgIpc) is 3.09. The number of nitrogens with one attached hydrogen (secondary N) is 1. The summed E-state index contributed by atoms with van der Waals surface area (Å²) in [5, 5.41) is 11.9. The van der Waals surface area contributed by atoms with Crippen LogP contribution in [-0.4, -0.2) is 24.1 Å². The second-order valence-electron chi connectivity index (χ2n) is 6.41. The van der Waals surface area contributed by atoms with E-state index in [0.29, 0.717) is 18.0 Å². The maximum atomic E-state index is 12.2. The third kappa shape index (κ3) is 2.93. The number of aromatic carboxylic acids is 1. The van der Waals surface area contributed by atoms with E-state index in [4.69, 9.17) is 9.84 Å². The molecule has 1 aromatic carbocycles. The number of carbonyl (C=O) groups excluding carboxylic acids is 1. The van der Waals surface area contributed by atoms with Crippen molar-refractivity contribution >= 4 is 17.6 Å². The van der Waals surface area contributed by atoms with Crippen molar-refractivity contribution in [3.05, 3.63) is 23.8 Å². The van der Waals surface area contributed by atoms with Gasteiger partial charge in [-0.3, -0.25) is 4.79 Å². The normalized spacial score (nSPS) is 26.0. The minimum Gasteiger partial charge on any atom is -0.496 e. The van der Waals surface area contributed by atoms with Gasteiger partial charge in [0.05, 0.1) is 7.11 Å². The molecule has 0 aliphatic heterocycles. The molecule has 5 heteroatoms. The summed E-state index contributed by atoms with van der Waals surface area (Å²) in [6.45, 7) is 0. The lowest BCUT2D eigenvalue weighted by atomic mass is 9.86. The average molecular weight is 303 g/mol. The second kappa shape index (κ2) is 5.99. The topological polar surface area (TPSA) is 75.6 Å². The number of methoxy groups -OCH3 is 1. The zero-order valence-corrected chi connectivity index (χ0v) is 12.7. The van der Waals surface area contributed by atoms with Gasteiger partial charge in [-0.1, -0.05) is 6.42 Å². The van der Waals surface area contributed by atoms with Crippen LogP contribution in [0.15, 0.2) is 18.2 Å². The Morgan fingerprint density at radius 1 is 1.32 bits per heavy atom. The smallest absolute Gasteiger partial charge is 0.339 e. The van der Waals surface area contributed by atoms with E-state index in [9.17, 15) is 9.59 Å². The van der Waals surface area contributed by atoms with Crippen molar-refractivity contribution in [2.24, 2.45) is 17.8 Å². The number of ether oxygens (including phenoxy) is 1. The predicted molar refractivity (Wildman–Crippen MR) is 82.1 cm³/mol. The monoisotopic (exact) mass is 303 g/mol. The van der Waals surface area contributed by atoms with E-state index in [1.165, 1.54) is 38.9 Å². The molecule has 2 bridgehead atoms. The first kappa shape index (κ1) is 14.9. The summed E-state index contributed by atoms with van der Waals surface area (Å²) < 4.78 is 5.07. The quantitative estimate of drug-likeness (QED) is 0.876. The number of anilines is 1. The molecule has 2 saturated carbocycles. The fourth-order valence-corrected chi connectivity index (χ4v) is 4.02. The highest BCUT2D eigenvalue weighted by Crippen LogP contribution is 2.49. The lowest BCUT2D eigenvalue weighted by Gasteiger charge is -2.21. The maximum Gasteiger partial charge on any atom is 0.339 e. The van der Waals surface area contributed by atoms with Gasteiger partial charge in [-0.15, -0.1) is 0 Å². The summed E-state index contributed by atoms with van der Waals surface area (Å²) in [6.07, 6.45) is 5.63. The van der Waals surface area contributed by atoms with E-state index in [1.54, 1.807) is 12.1 Å². The van der Waals surface area contributed by atoms with Gasteiger partial charge in [0.1, 0.15) is 11.3 Å². The molecule has 118 valence electrons. The highest BCUT2D eigenvalue weighted by Gasteiger charge is 2.40. The van der Waals surface area contributed by atoms with E-state index >= 15 is 0 Å². The molecular weight excluding hydrogens is 282 g/mol. The summed E-state index contributed by atoms with van der Waals surface area (Å²) in [5.41, 5.74) is 0.670. The third-order valence-corrected chi connectivity index (χ3v) is 5.05. The molecule has 22 heavy (non-hydrogen) atoms. The fourth-order valence-electron chi connectivity index (χ4n) is 4.02. The van der Waals surface area contributed by atoms with Crippen LogP contribution in [-0.2, 0) is 4.79 Å². The Kier molecular flexibility index (Phi) is 4.05. The third-order valence-electron chi connectivity index (χ3n) is 5.05. The molecule has 3 atom stereocenters. The largest absolute Gasteiger partial charge is 0.496 e. The Balaban J connectivity index is 1.63. The van der Waals surface area contributed by atoms with Crippen LogP contribution in [0.5, 0.6) is 5.75 Å². The first-order valence-corrected chi connectivity index (χ1v) is 7.78. The van der Waals surface area contributed by atoms with Crippen molar-refractivity contribution in [3.8, 4) is 5.75 Å². The number of fused-ring (bicyclic) bond motifs is 2.